The Morgan fingerprint density at radius 1 is 1.29 bits per heavy atom. The predicted octanol–water partition coefficient (Wildman–Crippen LogP) is 2.33. The van der Waals surface area contributed by atoms with Crippen LogP contribution in [0.4, 0.5) is 10.1 Å². The molecule has 4 heteroatoms. The molecule has 17 heavy (non-hydrogen) atoms. The van der Waals surface area contributed by atoms with E-state index in [4.69, 9.17) is 5.73 Å². The Labute approximate surface area is 99.5 Å². The van der Waals surface area contributed by atoms with Crippen molar-refractivity contribution in [2.45, 2.75) is 6.04 Å². The van der Waals surface area contributed by atoms with E-state index < -0.39 is 0 Å². The molecule has 1 aromatic heterocycles. The van der Waals surface area contributed by atoms with Gasteiger partial charge in [-0.1, -0.05) is 12.1 Å². The summed E-state index contributed by atoms with van der Waals surface area (Å²) in [5.41, 5.74) is 7.40. The van der Waals surface area contributed by atoms with E-state index in [2.05, 4.69) is 10.3 Å². The van der Waals surface area contributed by atoms with Gasteiger partial charge in [0.1, 0.15) is 5.82 Å². The molecule has 3 N–H and O–H groups in total. The molecule has 3 nitrogen and oxygen atoms in total. The van der Waals surface area contributed by atoms with Crippen LogP contribution in [-0.2, 0) is 0 Å². The minimum Gasteiger partial charge on any atom is -0.377 e. The Morgan fingerprint density at radius 3 is 2.82 bits per heavy atom. The van der Waals surface area contributed by atoms with Crippen LogP contribution in [0.5, 0.6) is 0 Å². The van der Waals surface area contributed by atoms with Gasteiger partial charge in [0.25, 0.3) is 0 Å². The second-order valence-electron chi connectivity index (χ2n) is 3.73. The molecule has 1 aromatic carbocycles. The van der Waals surface area contributed by atoms with Crippen molar-refractivity contribution in [2.24, 2.45) is 5.73 Å². The van der Waals surface area contributed by atoms with Crippen molar-refractivity contribution in [1.82, 2.24) is 4.98 Å². The highest BCUT2D eigenvalue weighted by atomic mass is 19.1. The fourth-order valence-corrected chi connectivity index (χ4v) is 1.64. The molecule has 0 bridgehead atoms. The third-order valence-corrected chi connectivity index (χ3v) is 2.49. The summed E-state index contributed by atoms with van der Waals surface area (Å²) in [5.74, 6) is -0.267. The number of nitrogens with two attached hydrogens (primary N) is 1. The summed E-state index contributed by atoms with van der Waals surface area (Å²) in [5, 5.41) is 3.18. The van der Waals surface area contributed by atoms with Gasteiger partial charge >= 0.3 is 0 Å². The molecule has 0 saturated heterocycles. The van der Waals surface area contributed by atoms with Crippen LogP contribution in [0.25, 0.3) is 0 Å². The molecular weight excluding hydrogens is 217 g/mol. The molecule has 0 spiro atoms. The van der Waals surface area contributed by atoms with Crippen molar-refractivity contribution in [3.05, 3.63) is 60.2 Å². The van der Waals surface area contributed by atoms with Crippen molar-refractivity contribution in [2.75, 3.05) is 11.9 Å². The van der Waals surface area contributed by atoms with E-state index in [1.165, 1.54) is 12.1 Å². The van der Waals surface area contributed by atoms with Gasteiger partial charge in [-0.15, -0.1) is 0 Å². The third kappa shape index (κ3) is 3.01. The molecule has 2 aromatic rings. The quantitative estimate of drug-likeness (QED) is 0.849. The monoisotopic (exact) mass is 231 g/mol. The van der Waals surface area contributed by atoms with Crippen LogP contribution in [0.2, 0.25) is 0 Å². The average molecular weight is 231 g/mol. The van der Waals surface area contributed by atoms with Gasteiger partial charge in [-0.3, -0.25) is 4.98 Å². The van der Waals surface area contributed by atoms with E-state index in [-0.39, 0.29) is 11.9 Å². The molecule has 88 valence electrons. The number of hydrogen-bond donors (Lipinski definition) is 2. The van der Waals surface area contributed by atoms with Crippen LogP contribution in [0.15, 0.2) is 48.8 Å². The third-order valence-electron chi connectivity index (χ3n) is 2.49. The van der Waals surface area contributed by atoms with E-state index in [0.717, 1.165) is 5.56 Å². The van der Waals surface area contributed by atoms with Gasteiger partial charge in [-0.2, -0.15) is 0 Å². The topological polar surface area (TPSA) is 50.9 Å². The van der Waals surface area contributed by atoms with Gasteiger partial charge in [0.15, 0.2) is 0 Å². The average Bonchev–Trinajstić information content (AvgIpc) is 2.37. The molecule has 0 aliphatic rings. The van der Waals surface area contributed by atoms with E-state index in [1.54, 1.807) is 18.5 Å². The lowest BCUT2D eigenvalue weighted by molar-refractivity contribution is 0.627. The molecule has 0 amide bonds. The van der Waals surface area contributed by atoms with Gasteiger partial charge in [-0.05, 0) is 29.8 Å². The van der Waals surface area contributed by atoms with Gasteiger partial charge in [0.05, 0.1) is 6.04 Å². The fraction of sp³-hybridized carbons (Fsp3) is 0.154. The van der Waals surface area contributed by atoms with E-state index in [0.29, 0.717) is 12.2 Å². The minimum atomic E-state index is -0.267. The number of pyridine rings is 1. The van der Waals surface area contributed by atoms with Gasteiger partial charge < -0.3 is 11.1 Å². The molecule has 1 heterocycles. The molecule has 1 atom stereocenters. The van der Waals surface area contributed by atoms with Crippen molar-refractivity contribution in [3.63, 3.8) is 0 Å². The maximum atomic E-state index is 13.0. The lowest BCUT2D eigenvalue weighted by Gasteiger charge is -2.18. The summed E-state index contributed by atoms with van der Waals surface area (Å²) in [4.78, 5) is 4.04. The van der Waals surface area contributed by atoms with Gasteiger partial charge in [0, 0.05) is 24.6 Å². The number of anilines is 1. The number of aromatic nitrogens is 1. The summed E-state index contributed by atoms with van der Waals surface area (Å²) in [7, 11) is 0. The Morgan fingerprint density at radius 2 is 2.18 bits per heavy atom. The van der Waals surface area contributed by atoms with Crippen LogP contribution in [0.1, 0.15) is 11.6 Å². The number of hydrogen-bond acceptors (Lipinski definition) is 3. The second kappa shape index (κ2) is 5.41. The largest absolute Gasteiger partial charge is 0.377 e. The Kier molecular flexibility index (Phi) is 3.67. The fourth-order valence-electron chi connectivity index (χ4n) is 1.64. The first kappa shape index (κ1) is 11.5. The first-order chi connectivity index (χ1) is 8.29. The standard InChI is InChI=1S/C13H14FN3/c14-11-4-1-5-12(7-11)17-13(8-15)10-3-2-6-16-9-10/h1-7,9,13,17H,8,15H2. The summed E-state index contributed by atoms with van der Waals surface area (Å²) < 4.78 is 13.0. The molecule has 0 aliphatic carbocycles. The van der Waals surface area contributed by atoms with Gasteiger partial charge in [0.2, 0.25) is 0 Å². The van der Waals surface area contributed by atoms with Crippen molar-refractivity contribution in [3.8, 4) is 0 Å². The lowest BCUT2D eigenvalue weighted by Crippen LogP contribution is -2.20. The van der Waals surface area contributed by atoms with Gasteiger partial charge in [-0.25, -0.2) is 4.39 Å². The molecule has 0 radical (unpaired) electrons. The first-order valence-electron chi connectivity index (χ1n) is 5.41. The highest BCUT2D eigenvalue weighted by Crippen LogP contribution is 2.18. The van der Waals surface area contributed by atoms with Crippen LogP contribution < -0.4 is 11.1 Å². The maximum absolute atomic E-state index is 13.0. The van der Waals surface area contributed by atoms with E-state index in [9.17, 15) is 4.39 Å². The van der Waals surface area contributed by atoms with Crippen molar-refractivity contribution >= 4 is 5.69 Å². The summed E-state index contributed by atoms with van der Waals surface area (Å²) >= 11 is 0. The Balaban J connectivity index is 2.16. The zero-order chi connectivity index (χ0) is 12.1. The summed E-state index contributed by atoms with van der Waals surface area (Å²) in [6.45, 7) is 0.419. The SMILES string of the molecule is NCC(Nc1cccc(F)c1)c1cccnc1. The zero-order valence-electron chi connectivity index (χ0n) is 9.31. The molecule has 2 rings (SSSR count). The number of nitrogens with zero attached hydrogens (tertiary/aromatic N) is 1. The smallest absolute Gasteiger partial charge is 0.125 e. The molecule has 0 fully saturated rings. The van der Waals surface area contributed by atoms with Crippen LogP contribution in [0, 0.1) is 5.82 Å². The number of benzene rings is 1. The van der Waals surface area contributed by atoms with Crippen molar-refractivity contribution < 1.29 is 4.39 Å². The lowest BCUT2D eigenvalue weighted by atomic mass is 10.1. The predicted molar refractivity (Wildman–Crippen MR) is 66.1 cm³/mol. The highest BCUT2D eigenvalue weighted by Gasteiger charge is 2.09. The zero-order valence-corrected chi connectivity index (χ0v) is 9.31. The van der Waals surface area contributed by atoms with Crippen LogP contribution >= 0.6 is 0 Å². The minimum absolute atomic E-state index is 0.0644. The van der Waals surface area contributed by atoms with E-state index in [1.807, 2.05) is 18.2 Å². The Hall–Kier alpha value is -1.94. The maximum Gasteiger partial charge on any atom is 0.125 e. The van der Waals surface area contributed by atoms with Crippen molar-refractivity contribution in [1.29, 1.82) is 0 Å². The molecule has 0 aliphatic heterocycles. The second-order valence-corrected chi connectivity index (χ2v) is 3.73. The number of rotatable bonds is 4. The summed E-state index contributed by atoms with van der Waals surface area (Å²) in [6, 6.07) is 10.1. The normalized spacial score (nSPS) is 12.1. The van der Waals surface area contributed by atoms with Crippen LogP contribution in [0.3, 0.4) is 0 Å². The number of halogens is 1. The van der Waals surface area contributed by atoms with Crippen LogP contribution in [-0.4, -0.2) is 11.5 Å². The molecular formula is C13H14FN3. The van der Waals surface area contributed by atoms with E-state index >= 15 is 0 Å². The highest BCUT2D eigenvalue weighted by molar-refractivity contribution is 5.45. The number of nitrogens with one attached hydrogen (secondary N) is 1. The molecule has 1 unspecified atom stereocenters. The molecule has 0 saturated carbocycles. The Bertz CT molecular complexity index is 473. The summed E-state index contributed by atoms with van der Waals surface area (Å²) in [6.07, 6.45) is 3.46. The first-order valence-corrected chi connectivity index (χ1v) is 5.41.